The number of rotatable bonds is 3. The number of likely N-dealkylation sites (tertiary alicyclic amines) is 1. The van der Waals surface area contributed by atoms with Gasteiger partial charge in [0.1, 0.15) is 0 Å². The van der Waals surface area contributed by atoms with Gasteiger partial charge < -0.3 is 0 Å². The zero-order valence-electron chi connectivity index (χ0n) is 9.53. The topological polar surface area (TPSA) is 3.24 Å². The monoisotopic (exact) mass is 279 g/mol. The summed E-state index contributed by atoms with van der Waals surface area (Å²) in [4.78, 5) is 2.70. The van der Waals surface area contributed by atoms with E-state index in [1.165, 1.54) is 48.8 Å². The zero-order valence-corrected chi connectivity index (χ0v) is 11.1. The Morgan fingerprint density at radius 3 is 2.56 bits per heavy atom. The molecule has 1 saturated carbocycles. The molecule has 2 fully saturated rings. The second-order valence-electron chi connectivity index (χ2n) is 5.15. The van der Waals surface area contributed by atoms with Crippen molar-refractivity contribution >= 4 is 15.9 Å². The van der Waals surface area contributed by atoms with Crippen LogP contribution < -0.4 is 0 Å². The summed E-state index contributed by atoms with van der Waals surface area (Å²) in [5.41, 5.74) is 1.50. The molecule has 1 aliphatic carbocycles. The minimum Gasteiger partial charge on any atom is -0.296 e. The van der Waals surface area contributed by atoms with Gasteiger partial charge in [0.2, 0.25) is 0 Å². The lowest BCUT2D eigenvalue weighted by molar-refractivity contribution is 0.247. The van der Waals surface area contributed by atoms with E-state index in [4.69, 9.17) is 0 Å². The van der Waals surface area contributed by atoms with Crippen LogP contribution in [0.15, 0.2) is 28.7 Å². The van der Waals surface area contributed by atoms with Crippen LogP contribution in [-0.2, 0) is 0 Å². The molecule has 1 nitrogen and oxygen atoms in total. The highest BCUT2D eigenvalue weighted by atomic mass is 79.9. The normalized spacial score (nSPS) is 26.2. The third kappa shape index (κ3) is 2.33. The Labute approximate surface area is 106 Å². The molecule has 2 heteroatoms. The molecule has 1 atom stereocenters. The Morgan fingerprint density at radius 2 is 1.88 bits per heavy atom. The van der Waals surface area contributed by atoms with Gasteiger partial charge in [-0.2, -0.15) is 0 Å². The van der Waals surface area contributed by atoms with E-state index < -0.39 is 0 Å². The highest BCUT2D eigenvalue weighted by Gasteiger charge is 2.31. The van der Waals surface area contributed by atoms with Crippen molar-refractivity contribution in [2.75, 3.05) is 13.1 Å². The molecular formula is C14H18BrN. The van der Waals surface area contributed by atoms with Crippen molar-refractivity contribution in [2.24, 2.45) is 5.92 Å². The van der Waals surface area contributed by atoms with Crippen LogP contribution >= 0.6 is 15.9 Å². The maximum Gasteiger partial charge on any atom is 0.0348 e. The second-order valence-corrected chi connectivity index (χ2v) is 6.06. The molecule has 0 amide bonds. The average Bonchev–Trinajstić information content (AvgIpc) is 2.97. The highest BCUT2D eigenvalue weighted by Crippen LogP contribution is 2.37. The fraction of sp³-hybridized carbons (Fsp3) is 0.571. The molecule has 1 aromatic rings. The van der Waals surface area contributed by atoms with E-state index in [2.05, 4.69) is 45.1 Å². The molecular weight excluding hydrogens is 262 g/mol. The SMILES string of the molecule is Brc1ccc(C2CCCN2CC2CC2)cc1. The summed E-state index contributed by atoms with van der Waals surface area (Å²) in [6.45, 7) is 2.64. The maximum absolute atomic E-state index is 3.51. The van der Waals surface area contributed by atoms with E-state index in [1.54, 1.807) is 0 Å². The lowest BCUT2D eigenvalue weighted by Gasteiger charge is -2.24. The summed E-state index contributed by atoms with van der Waals surface area (Å²) >= 11 is 3.51. The van der Waals surface area contributed by atoms with Crippen LogP contribution in [0.25, 0.3) is 0 Å². The second kappa shape index (κ2) is 4.50. The van der Waals surface area contributed by atoms with Gasteiger partial charge in [0.25, 0.3) is 0 Å². The third-order valence-corrected chi connectivity index (χ3v) is 4.34. The Morgan fingerprint density at radius 1 is 1.12 bits per heavy atom. The Hall–Kier alpha value is -0.340. The van der Waals surface area contributed by atoms with Gasteiger partial charge in [-0.1, -0.05) is 28.1 Å². The summed E-state index contributed by atoms with van der Waals surface area (Å²) < 4.78 is 1.18. The number of halogens is 1. The molecule has 1 unspecified atom stereocenters. The van der Waals surface area contributed by atoms with Crippen LogP contribution in [0.2, 0.25) is 0 Å². The molecule has 0 aromatic heterocycles. The minimum absolute atomic E-state index is 0.689. The summed E-state index contributed by atoms with van der Waals surface area (Å²) in [5.74, 6) is 1.01. The van der Waals surface area contributed by atoms with Gasteiger partial charge in [0.05, 0.1) is 0 Å². The lowest BCUT2D eigenvalue weighted by Crippen LogP contribution is -2.25. The van der Waals surface area contributed by atoms with Gasteiger partial charge in [0.15, 0.2) is 0 Å². The maximum atomic E-state index is 3.51. The van der Waals surface area contributed by atoms with Crippen LogP contribution in [0, 0.1) is 5.92 Å². The molecule has 86 valence electrons. The molecule has 1 aliphatic heterocycles. The summed E-state index contributed by atoms with van der Waals surface area (Å²) in [6.07, 6.45) is 5.63. The predicted octanol–water partition coefficient (Wildman–Crippen LogP) is 4.00. The quantitative estimate of drug-likeness (QED) is 0.809. The first-order valence-electron chi connectivity index (χ1n) is 6.32. The lowest BCUT2D eigenvalue weighted by atomic mass is 10.0. The zero-order chi connectivity index (χ0) is 11.0. The van der Waals surface area contributed by atoms with Crippen molar-refractivity contribution in [1.82, 2.24) is 4.90 Å². The van der Waals surface area contributed by atoms with Crippen LogP contribution in [0.1, 0.15) is 37.3 Å². The summed E-state index contributed by atoms with van der Waals surface area (Å²) in [6, 6.07) is 9.58. The van der Waals surface area contributed by atoms with Crippen LogP contribution in [0.3, 0.4) is 0 Å². The fourth-order valence-corrected chi connectivity index (χ4v) is 3.00. The molecule has 0 bridgehead atoms. The first-order valence-corrected chi connectivity index (χ1v) is 7.12. The van der Waals surface area contributed by atoms with Gasteiger partial charge in [-0.25, -0.2) is 0 Å². The smallest absolute Gasteiger partial charge is 0.0348 e. The van der Waals surface area contributed by atoms with E-state index in [0.717, 1.165) is 5.92 Å². The molecule has 0 spiro atoms. The molecule has 16 heavy (non-hydrogen) atoms. The van der Waals surface area contributed by atoms with E-state index >= 15 is 0 Å². The molecule has 3 rings (SSSR count). The molecule has 0 radical (unpaired) electrons. The van der Waals surface area contributed by atoms with Crippen molar-refractivity contribution in [1.29, 1.82) is 0 Å². The number of hydrogen-bond acceptors (Lipinski definition) is 1. The number of nitrogens with zero attached hydrogens (tertiary/aromatic N) is 1. The average molecular weight is 280 g/mol. The largest absolute Gasteiger partial charge is 0.296 e. The van der Waals surface area contributed by atoms with Crippen LogP contribution in [-0.4, -0.2) is 18.0 Å². The van der Waals surface area contributed by atoms with Gasteiger partial charge in [-0.05, 0) is 55.8 Å². The van der Waals surface area contributed by atoms with E-state index in [0.29, 0.717) is 6.04 Å². The summed E-state index contributed by atoms with van der Waals surface area (Å²) in [7, 11) is 0. The Kier molecular flexibility index (Phi) is 3.03. The van der Waals surface area contributed by atoms with E-state index in [9.17, 15) is 0 Å². The minimum atomic E-state index is 0.689. The first-order chi connectivity index (χ1) is 7.83. The van der Waals surface area contributed by atoms with Gasteiger partial charge in [-0.15, -0.1) is 0 Å². The third-order valence-electron chi connectivity index (χ3n) is 3.81. The van der Waals surface area contributed by atoms with E-state index in [-0.39, 0.29) is 0 Å². The van der Waals surface area contributed by atoms with Crippen LogP contribution in [0.5, 0.6) is 0 Å². The van der Waals surface area contributed by atoms with Crippen molar-refractivity contribution in [3.05, 3.63) is 34.3 Å². The van der Waals surface area contributed by atoms with Gasteiger partial charge in [-0.3, -0.25) is 4.90 Å². The van der Waals surface area contributed by atoms with Crippen molar-refractivity contribution in [3.63, 3.8) is 0 Å². The highest BCUT2D eigenvalue weighted by molar-refractivity contribution is 9.10. The summed E-state index contributed by atoms with van der Waals surface area (Å²) in [5, 5.41) is 0. The van der Waals surface area contributed by atoms with Crippen molar-refractivity contribution in [3.8, 4) is 0 Å². The van der Waals surface area contributed by atoms with Crippen LogP contribution in [0.4, 0.5) is 0 Å². The molecule has 1 saturated heterocycles. The first kappa shape index (κ1) is 10.8. The molecule has 2 aliphatic rings. The molecule has 1 aromatic carbocycles. The predicted molar refractivity (Wildman–Crippen MR) is 70.4 cm³/mol. The van der Waals surface area contributed by atoms with Crippen molar-refractivity contribution in [2.45, 2.75) is 31.7 Å². The van der Waals surface area contributed by atoms with Gasteiger partial charge in [0, 0.05) is 17.1 Å². The Bertz CT molecular complexity index is 356. The van der Waals surface area contributed by atoms with Crippen molar-refractivity contribution < 1.29 is 0 Å². The molecule has 0 N–H and O–H groups in total. The standard InChI is InChI=1S/C14H18BrN/c15-13-7-5-12(6-8-13)14-2-1-9-16(14)10-11-3-4-11/h5-8,11,14H,1-4,9-10H2. The number of benzene rings is 1. The number of hydrogen-bond donors (Lipinski definition) is 0. The fourth-order valence-electron chi connectivity index (χ4n) is 2.74. The van der Waals surface area contributed by atoms with Gasteiger partial charge >= 0.3 is 0 Å². The Balaban J connectivity index is 1.73. The van der Waals surface area contributed by atoms with E-state index in [1.807, 2.05) is 0 Å². The molecule has 1 heterocycles.